The summed E-state index contributed by atoms with van der Waals surface area (Å²) in [6.45, 7) is 0. The first-order valence-corrected chi connectivity index (χ1v) is 8.28. The largest absolute Gasteiger partial charge is 0.481 e. The summed E-state index contributed by atoms with van der Waals surface area (Å²) in [5.74, 6) is -2.55. The molecule has 0 fully saturated rings. The molecule has 0 spiro atoms. The van der Waals surface area contributed by atoms with E-state index in [1.54, 1.807) is 12.1 Å². The molecule has 26 heavy (non-hydrogen) atoms. The topological polar surface area (TPSA) is 70.2 Å². The summed E-state index contributed by atoms with van der Waals surface area (Å²) in [6.07, 6.45) is 0.0507. The van der Waals surface area contributed by atoms with Crippen LogP contribution in [0.1, 0.15) is 22.5 Å². The van der Waals surface area contributed by atoms with Crippen molar-refractivity contribution >= 4 is 11.8 Å². The van der Waals surface area contributed by atoms with E-state index in [1.165, 1.54) is 24.3 Å². The average molecular weight is 351 g/mol. The van der Waals surface area contributed by atoms with Crippen molar-refractivity contribution in [2.24, 2.45) is 5.92 Å². The number of halogens is 1. The van der Waals surface area contributed by atoms with E-state index in [0.29, 0.717) is 11.3 Å². The van der Waals surface area contributed by atoms with Crippen LogP contribution in [0.2, 0.25) is 0 Å². The Morgan fingerprint density at radius 2 is 1.65 bits per heavy atom. The number of hydrogen-bond donors (Lipinski definition) is 2. The summed E-state index contributed by atoms with van der Waals surface area (Å²) in [6, 6.07) is 18.7. The van der Waals surface area contributed by atoms with E-state index in [9.17, 15) is 19.1 Å². The van der Waals surface area contributed by atoms with Crippen LogP contribution in [-0.4, -0.2) is 21.8 Å². The van der Waals surface area contributed by atoms with Gasteiger partial charge in [0.2, 0.25) is 0 Å². The number of H-pyrrole nitrogens is 1. The summed E-state index contributed by atoms with van der Waals surface area (Å²) in [4.78, 5) is 27.1. The van der Waals surface area contributed by atoms with Gasteiger partial charge in [-0.05, 0) is 41.8 Å². The van der Waals surface area contributed by atoms with Crippen LogP contribution in [-0.2, 0) is 11.2 Å². The monoisotopic (exact) mass is 351 g/mol. The zero-order chi connectivity index (χ0) is 18.5. The molecule has 4 nitrogen and oxygen atoms in total. The van der Waals surface area contributed by atoms with Crippen LogP contribution < -0.4 is 0 Å². The quantitative estimate of drug-likeness (QED) is 0.622. The van der Waals surface area contributed by atoms with Crippen molar-refractivity contribution in [3.8, 4) is 11.3 Å². The molecule has 3 aromatic rings. The van der Waals surface area contributed by atoms with Gasteiger partial charge >= 0.3 is 5.97 Å². The molecule has 0 saturated heterocycles. The van der Waals surface area contributed by atoms with Crippen LogP contribution in [0.3, 0.4) is 0 Å². The maximum Gasteiger partial charge on any atom is 0.307 e. The van der Waals surface area contributed by atoms with Gasteiger partial charge in [0, 0.05) is 12.1 Å². The minimum Gasteiger partial charge on any atom is -0.481 e. The van der Waals surface area contributed by atoms with E-state index in [-0.39, 0.29) is 24.4 Å². The predicted octanol–water partition coefficient (Wildman–Crippen LogP) is 4.34. The molecule has 0 aliphatic carbocycles. The third-order valence-electron chi connectivity index (χ3n) is 4.25. The van der Waals surface area contributed by atoms with Crippen LogP contribution in [0.25, 0.3) is 11.3 Å². The molecule has 0 aliphatic heterocycles. The Morgan fingerprint density at radius 3 is 2.31 bits per heavy atom. The van der Waals surface area contributed by atoms with Gasteiger partial charge < -0.3 is 10.1 Å². The fraction of sp³-hybridized carbons (Fsp3) is 0.143. The van der Waals surface area contributed by atoms with Gasteiger partial charge in [-0.1, -0.05) is 42.5 Å². The molecule has 0 bridgehead atoms. The number of carboxylic acid groups (broad SMARTS) is 1. The van der Waals surface area contributed by atoms with E-state index >= 15 is 0 Å². The maximum atomic E-state index is 13.0. The number of hydrogen-bond acceptors (Lipinski definition) is 2. The van der Waals surface area contributed by atoms with Crippen molar-refractivity contribution in [1.29, 1.82) is 0 Å². The summed E-state index contributed by atoms with van der Waals surface area (Å²) in [5, 5.41) is 9.43. The number of ketones is 1. The van der Waals surface area contributed by atoms with E-state index in [1.807, 2.05) is 30.3 Å². The average Bonchev–Trinajstić information content (AvgIpc) is 3.14. The molecule has 3 rings (SSSR count). The smallest absolute Gasteiger partial charge is 0.307 e. The number of carbonyl (C=O) groups is 2. The molecule has 0 saturated carbocycles. The third kappa shape index (κ3) is 4.25. The number of Topliss-reactive ketones (excluding diaryl/α,β-unsaturated/α-hetero) is 1. The molecule has 1 aromatic heterocycles. The Morgan fingerprint density at radius 1 is 0.962 bits per heavy atom. The highest BCUT2D eigenvalue weighted by molar-refractivity contribution is 5.97. The molecule has 1 heterocycles. The van der Waals surface area contributed by atoms with E-state index in [2.05, 4.69) is 4.98 Å². The minimum atomic E-state index is -1.04. The zero-order valence-corrected chi connectivity index (χ0v) is 14.0. The number of benzene rings is 2. The number of aromatic amines is 1. The number of rotatable bonds is 7. The first kappa shape index (κ1) is 17.6. The Balaban J connectivity index is 1.71. The van der Waals surface area contributed by atoms with Crippen molar-refractivity contribution in [1.82, 2.24) is 4.98 Å². The number of aliphatic carboxylic acids is 1. The summed E-state index contributed by atoms with van der Waals surface area (Å²) in [5.41, 5.74) is 2.82. The van der Waals surface area contributed by atoms with Crippen molar-refractivity contribution < 1.29 is 19.1 Å². The second-order valence-corrected chi connectivity index (χ2v) is 6.14. The van der Waals surface area contributed by atoms with E-state index < -0.39 is 11.9 Å². The van der Waals surface area contributed by atoms with Gasteiger partial charge in [0.1, 0.15) is 5.82 Å². The first-order chi connectivity index (χ1) is 12.5. The molecule has 2 N–H and O–H groups in total. The van der Waals surface area contributed by atoms with Gasteiger partial charge in [-0.2, -0.15) is 0 Å². The van der Waals surface area contributed by atoms with E-state index in [4.69, 9.17) is 0 Å². The summed E-state index contributed by atoms with van der Waals surface area (Å²) >= 11 is 0. The normalized spacial score (nSPS) is 11.9. The number of carbonyl (C=O) groups excluding carboxylic acids is 1. The second kappa shape index (κ2) is 7.78. The Bertz CT molecular complexity index is 901. The summed E-state index contributed by atoms with van der Waals surface area (Å²) in [7, 11) is 0. The van der Waals surface area contributed by atoms with Gasteiger partial charge in [-0.3, -0.25) is 9.59 Å². The number of aromatic nitrogens is 1. The van der Waals surface area contributed by atoms with Crippen molar-refractivity contribution in [2.45, 2.75) is 12.8 Å². The van der Waals surface area contributed by atoms with Crippen LogP contribution in [0.15, 0.2) is 66.7 Å². The highest BCUT2D eigenvalue weighted by Gasteiger charge is 2.23. The lowest BCUT2D eigenvalue weighted by Gasteiger charge is -2.11. The van der Waals surface area contributed by atoms with Gasteiger partial charge in [-0.25, -0.2) is 4.39 Å². The fourth-order valence-corrected chi connectivity index (χ4v) is 2.83. The molecule has 0 radical (unpaired) electrons. The Hall–Kier alpha value is -3.21. The van der Waals surface area contributed by atoms with Gasteiger partial charge in [0.05, 0.1) is 11.6 Å². The predicted molar refractivity (Wildman–Crippen MR) is 96.4 cm³/mol. The Kier molecular flexibility index (Phi) is 5.27. The number of carboxylic acids is 1. The standard InChI is InChI=1S/C21H18FNO3/c22-17-8-6-14(7-9-17)12-16(21(25)26)13-20(24)19-11-10-18(23-19)15-4-2-1-3-5-15/h1-11,16,23H,12-13H2,(H,25,26)/t16-/m1/s1. The zero-order valence-electron chi connectivity index (χ0n) is 14.0. The van der Waals surface area contributed by atoms with Crippen molar-refractivity contribution in [3.63, 3.8) is 0 Å². The lowest BCUT2D eigenvalue weighted by molar-refractivity contribution is -0.141. The van der Waals surface area contributed by atoms with Crippen LogP contribution >= 0.6 is 0 Å². The van der Waals surface area contributed by atoms with Gasteiger partial charge in [-0.15, -0.1) is 0 Å². The first-order valence-electron chi connectivity index (χ1n) is 8.28. The minimum absolute atomic E-state index is 0.124. The lowest BCUT2D eigenvalue weighted by Crippen LogP contribution is -2.20. The van der Waals surface area contributed by atoms with Crippen molar-refractivity contribution in [2.75, 3.05) is 0 Å². The van der Waals surface area contributed by atoms with Gasteiger partial charge in [0.25, 0.3) is 0 Å². The fourth-order valence-electron chi connectivity index (χ4n) is 2.83. The van der Waals surface area contributed by atoms with Gasteiger partial charge in [0.15, 0.2) is 5.78 Å². The molecule has 0 aliphatic rings. The SMILES string of the molecule is O=C(C[C@@H](Cc1ccc(F)cc1)C(=O)O)c1ccc(-c2ccccc2)[nH]1. The molecule has 5 heteroatoms. The second-order valence-electron chi connectivity index (χ2n) is 6.14. The third-order valence-corrected chi connectivity index (χ3v) is 4.25. The highest BCUT2D eigenvalue weighted by Crippen LogP contribution is 2.21. The highest BCUT2D eigenvalue weighted by atomic mass is 19.1. The molecule has 132 valence electrons. The van der Waals surface area contributed by atoms with Crippen LogP contribution in [0, 0.1) is 11.7 Å². The van der Waals surface area contributed by atoms with Crippen molar-refractivity contribution in [3.05, 3.63) is 83.8 Å². The maximum absolute atomic E-state index is 13.0. The van der Waals surface area contributed by atoms with E-state index in [0.717, 1.165) is 11.3 Å². The van der Waals surface area contributed by atoms with Crippen LogP contribution in [0.4, 0.5) is 4.39 Å². The lowest BCUT2D eigenvalue weighted by atomic mass is 9.93. The Labute approximate surface area is 150 Å². The molecule has 0 amide bonds. The molecule has 0 unspecified atom stereocenters. The number of nitrogens with one attached hydrogen (secondary N) is 1. The molecule has 2 aromatic carbocycles. The summed E-state index contributed by atoms with van der Waals surface area (Å²) < 4.78 is 13.0. The van der Waals surface area contributed by atoms with Crippen LogP contribution in [0.5, 0.6) is 0 Å². The molecular weight excluding hydrogens is 333 g/mol. The molecule has 1 atom stereocenters. The molecular formula is C21H18FNO3.